The molecular formula is C21H23Cl2N5O3. The summed E-state index contributed by atoms with van der Waals surface area (Å²) in [6, 6.07) is 5.11. The van der Waals surface area contributed by atoms with E-state index >= 15 is 0 Å². The molecule has 31 heavy (non-hydrogen) atoms. The van der Waals surface area contributed by atoms with Crippen molar-refractivity contribution in [2.75, 3.05) is 6.54 Å². The van der Waals surface area contributed by atoms with Gasteiger partial charge in [-0.1, -0.05) is 12.1 Å². The number of aromatic nitrogens is 2. The molecule has 0 spiro atoms. The first-order valence-electron chi connectivity index (χ1n) is 10.4. The maximum absolute atomic E-state index is 13.3. The number of amides is 3. The number of likely N-dealkylation sites (tertiary alicyclic amines) is 1. The van der Waals surface area contributed by atoms with Crippen molar-refractivity contribution >= 4 is 51.8 Å². The molecule has 4 atom stereocenters. The largest absolute Gasteiger partial charge is 0.364 e. The van der Waals surface area contributed by atoms with Crippen LogP contribution < -0.4 is 11.1 Å². The molecule has 1 aromatic carbocycles. The topological polar surface area (TPSA) is 110 Å². The van der Waals surface area contributed by atoms with E-state index in [0.717, 1.165) is 12.0 Å². The summed E-state index contributed by atoms with van der Waals surface area (Å²) in [6.45, 7) is 2.27. The van der Waals surface area contributed by atoms with Crippen LogP contribution in [0.5, 0.6) is 0 Å². The second-order valence-corrected chi connectivity index (χ2v) is 10.5. The number of hydrogen-bond acceptors (Lipinski definition) is 4. The highest BCUT2D eigenvalue weighted by atomic mass is 35.5. The van der Waals surface area contributed by atoms with E-state index < -0.39 is 16.3 Å². The van der Waals surface area contributed by atoms with Gasteiger partial charge in [0.1, 0.15) is 16.9 Å². The minimum absolute atomic E-state index is 0.0470. The Hall–Kier alpha value is -2.32. The SMILES string of the molecule is Cc1ccc2c(C(N)=O)nn(CC(=O)N3[C@@H]4C[C@@H]4C[C@H]3C(=O)NCC3CC3(Cl)Cl)c2c1. The number of nitrogens with two attached hydrogens (primary N) is 1. The lowest BCUT2D eigenvalue weighted by molar-refractivity contribution is -0.140. The monoisotopic (exact) mass is 463 g/mol. The van der Waals surface area contributed by atoms with Crippen molar-refractivity contribution in [3.05, 3.63) is 29.5 Å². The average Bonchev–Trinajstić information content (AvgIpc) is 3.50. The van der Waals surface area contributed by atoms with Crippen molar-refractivity contribution in [1.29, 1.82) is 0 Å². The molecule has 0 bridgehead atoms. The van der Waals surface area contributed by atoms with Gasteiger partial charge in [-0.2, -0.15) is 5.10 Å². The van der Waals surface area contributed by atoms with Gasteiger partial charge < -0.3 is 16.0 Å². The number of alkyl halides is 2. The van der Waals surface area contributed by atoms with Gasteiger partial charge in [-0.3, -0.25) is 19.1 Å². The second-order valence-electron chi connectivity index (χ2n) is 8.91. The Morgan fingerprint density at radius 2 is 2.03 bits per heavy atom. The van der Waals surface area contributed by atoms with Crippen molar-refractivity contribution < 1.29 is 14.4 Å². The summed E-state index contributed by atoms with van der Waals surface area (Å²) in [5.74, 6) is -0.599. The fourth-order valence-corrected chi connectivity index (χ4v) is 5.20. The number of piperidine rings is 1. The van der Waals surface area contributed by atoms with Gasteiger partial charge in [0.2, 0.25) is 11.8 Å². The summed E-state index contributed by atoms with van der Waals surface area (Å²) in [6.07, 6.45) is 2.23. The molecule has 3 fully saturated rings. The lowest BCUT2D eigenvalue weighted by Crippen LogP contribution is -2.49. The Bertz CT molecular complexity index is 1110. The molecule has 2 aromatic rings. The number of fused-ring (bicyclic) bond motifs is 2. The van der Waals surface area contributed by atoms with Gasteiger partial charge in [0.05, 0.1) is 5.52 Å². The van der Waals surface area contributed by atoms with Crippen molar-refractivity contribution in [3.8, 4) is 0 Å². The number of aryl methyl sites for hydroxylation is 1. The number of primary amides is 1. The normalized spacial score (nSPS) is 27.8. The Morgan fingerprint density at radius 3 is 2.71 bits per heavy atom. The molecule has 3 aliphatic rings. The minimum atomic E-state index is -0.752. The molecule has 1 aliphatic heterocycles. The van der Waals surface area contributed by atoms with Crippen LogP contribution in [0.25, 0.3) is 10.9 Å². The van der Waals surface area contributed by atoms with Crippen LogP contribution in [-0.4, -0.2) is 55.4 Å². The maximum Gasteiger partial charge on any atom is 0.269 e. The van der Waals surface area contributed by atoms with E-state index in [1.165, 1.54) is 4.68 Å². The van der Waals surface area contributed by atoms with Gasteiger partial charge in [-0.15, -0.1) is 23.2 Å². The lowest BCUT2D eigenvalue weighted by Gasteiger charge is -2.27. The lowest BCUT2D eigenvalue weighted by atomic mass is 10.1. The third kappa shape index (κ3) is 3.65. The molecule has 3 N–H and O–H groups in total. The van der Waals surface area contributed by atoms with Crippen molar-refractivity contribution in [1.82, 2.24) is 20.0 Å². The maximum atomic E-state index is 13.3. The Morgan fingerprint density at radius 1 is 1.29 bits per heavy atom. The number of nitrogens with one attached hydrogen (secondary N) is 1. The molecule has 1 unspecified atom stereocenters. The number of rotatable bonds is 6. The third-order valence-electron chi connectivity index (χ3n) is 6.60. The second kappa shape index (κ2) is 7.10. The number of halogens is 2. The van der Waals surface area contributed by atoms with Gasteiger partial charge in [0.15, 0.2) is 5.69 Å². The number of hydrogen-bond donors (Lipinski definition) is 2. The van der Waals surface area contributed by atoms with E-state index in [1.54, 1.807) is 11.0 Å². The third-order valence-corrected chi connectivity index (χ3v) is 7.52. The van der Waals surface area contributed by atoms with E-state index in [2.05, 4.69) is 10.4 Å². The van der Waals surface area contributed by atoms with E-state index in [9.17, 15) is 14.4 Å². The standard InChI is InChI=1S/C21H23Cl2N5O3/c1-10-2-3-13-15(4-10)27(26-18(13)19(24)30)9-17(29)28-14-5-11(14)6-16(28)20(31)25-8-12-7-21(12,22)23/h2-4,11-12,14,16H,5-9H2,1H3,(H2,24,30)(H,25,31)/t11-,12?,14-,16+/m1/s1. The first-order chi connectivity index (χ1) is 14.7. The van der Waals surface area contributed by atoms with E-state index in [-0.39, 0.29) is 36.0 Å². The van der Waals surface area contributed by atoms with E-state index in [4.69, 9.17) is 28.9 Å². The van der Waals surface area contributed by atoms with Crippen molar-refractivity contribution in [3.63, 3.8) is 0 Å². The molecule has 2 saturated carbocycles. The van der Waals surface area contributed by atoms with Crippen LogP contribution in [0.3, 0.4) is 0 Å². The number of carbonyl (C=O) groups is 3. The predicted octanol–water partition coefficient (Wildman–Crippen LogP) is 1.74. The van der Waals surface area contributed by atoms with Gasteiger partial charge in [-0.05, 0) is 43.7 Å². The molecule has 164 valence electrons. The summed E-state index contributed by atoms with van der Waals surface area (Å²) >= 11 is 12.1. The quantitative estimate of drug-likeness (QED) is 0.635. The molecule has 3 amide bonds. The number of carbonyl (C=O) groups excluding carboxylic acids is 3. The van der Waals surface area contributed by atoms with Crippen LogP contribution in [-0.2, 0) is 16.1 Å². The first kappa shape index (κ1) is 20.6. The highest BCUT2D eigenvalue weighted by Gasteiger charge is 2.56. The summed E-state index contributed by atoms with van der Waals surface area (Å²) in [7, 11) is 0. The zero-order chi connectivity index (χ0) is 22.1. The molecule has 1 saturated heterocycles. The van der Waals surface area contributed by atoms with Crippen molar-refractivity contribution in [2.24, 2.45) is 17.6 Å². The van der Waals surface area contributed by atoms with Gasteiger partial charge >= 0.3 is 0 Å². The van der Waals surface area contributed by atoms with E-state index in [1.807, 2.05) is 19.1 Å². The van der Waals surface area contributed by atoms with Crippen LogP contribution in [0.2, 0.25) is 0 Å². The smallest absolute Gasteiger partial charge is 0.269 e. The molecule has 10 heteroatoms. The summed E-state index contributed by atoms with van der Waals surface area (Å²) < 4.78 is 0.757. The minimum Gasteiger partial charge on any atom is -0.364 e. The molecular weight excluding hydrogens is 441 g/mol. The van der Waals surface area contributed by atoms with Crippen LogP contribution in [0, 0.1) is 18.8 Å². The van der Waals surface area contributed by atoms with Crippen LogP contribution in [0.15, 0.2) is 18.2 Å². The van der Waals surface area contributed by atoms with Crippen LogP contribution in [0.4, 0.5) is 0 Å². The average molecular weight is 464 g/mol. The van der Waals surface area contributed by atoms with Gasteiger partial charge in [0, 0.05) is 23.9 Å². The Balaban J connectivity index is 1.34. The Labute approximate surface area is 189 Å². The first-order valence-corrected chi connectivity index (χ1v) is 11.1. The zero-order valence-corrected chi connectivity index (χ0v) is 18.5. The van der Waals surface area contributed by atoms with Crippen LogP contribution in [0.1, 0.15) is 35.3 Å². The summed E-state index contributed by atoms with van der Waals surface area (Å²) in [5.41, 5.74) is 7.26. The molecule has 2 aliphatic carbocycles. The van der Waals surface area contributed by atoms with Gasteiger partial charge in [0.25, 0.3) is 5.91 Å². The molecule has 8 nitrogen and oxygen atoms in total. The fraction of sp³-hybridized carbons (Fsp3) is 0.524. The highest BCUT2D eigenvalue weighted by molar-refractivity contribution is 6.50. The van der Waals surface area contributed by atoms with E-state index in [0.29, 0.717) is 36.2 Å². The van der Waals surface area contributed by atoms with Crippen LogP contribution >= 0.6 is 23.2 Å². The predicted molar refractivity (Wildman–Crippen MR) is 116 cm³/mol. The molecule has 0 radical (unpaired) electrons. The molecule has 5 rings (SSSR count). The molecule has 1 aromatic heterocycles. The Kier molecular flexibility index (Phi) is 4.71. The fourth-order valence-electron chi connectivity index (χ4n) is 4.68. The highest BCUT2D eigenvalue weighted by Crippen LogP contribution is 2.53. The summed E-state index contributed by atoms with van der Waals surface area (Å²) in [5, 5.41) is 7.81. The molecule has 2 heterocycles. The summed E-state index contributed by atoms with van der Waals surface area (Å²) in [4.78, 5) is 39.6. The zero-order valence-electron chi connectivity index (χ0n) is 17.0. The van der Waals surface area contributed by atoms with Crippen molar-refractivity contribution in [2.45, 2.75) is 49.1 Å². The number of nitrogens with zero attached hydrogens (tertiary/aromatic N) is 3. The number of benzene rings is 1. The van der Waals surface area contributed by atoms with Gasteiger partial charge in [-0.25, -0.2) is 0 Å².